The van der Waals surface area contributed by atoms with Crippen molar-refractivity contribution in [3.63, 3.8) is 0 Å². The van der Waals surface area contributed by atoms with Crippen molar-refractivity contribution in [1.29, 1.82) is 0 Å². The van der Waals surface area contributed by atoms with Crippen LogP contribution in [0, 0.1) is 5.92 Å². The molecule has 2 aliphatic heterocycles. The van der Waals surface area contributed by atoms with E-state index in [1.165, 1.54) is 0 Å². The van der Waals surface area contributed by atoms with Crippen LogP contribution in [-0.2, 0) is 22.4 Å². The predicted molar refractivity (Wildman–Crippen MR) is 108 cm³/mol. The van der Waals surface area contributed by atoms with Crippen LogP contribution in [0.15, 0.2) is 12.3 Å². The lowest BCUT2D eigenvalue weighted by Crippen LogP contribution is -2.48. The van der Waals surface area contributed by atoms with Crippen molar-refractivity contribution in [2.24, 2.45) is 5.92 Å². The third kappa shape index (κ3) is 3.81. The molecule has 0 saturated carbocycles. The number of piperidine rings is 1. The van der Waals surface area contributed by atoms with Crippen LogP contribution in [0.3, 0.4) is 0 Å². The summed E-state index contributed by atoms with van der Waals surface area (Å²) in [7, 11) is 0. The number of hydrogen-bond acceptors (Lipinski definition) is 6. The summed E-state index contributed by atoms with van der Waals surface area (Å²) in [4.78, 5) is 31.2. The standard InChI is InChI=1S/C21H29N5O2/c1-3-17-18(4-2)24-20-19(23-17)12-16(13-22-20)26-7-5-6-15(14-26)21(27)25-8-10-28-11-9-25/h12-13,15H,3-11,14H2,1-2H3/t15-/m0/s1. The first-order valence-corrected chi connectivity index (χ1v) is 10.5. The zero-order valence-corrected chi connectivity index (χ0v) is 16.9. The van der Waals surface area contributed by atoms with Gasteiger partial charge in [0.15, 0.2) is 5.65 Å². The van der Waals surface area contributed by atoms with E-state index in [0.717, 1.165) is 61.4 Å². The number of amides is 1. The quantitative estimate of drug-likeness (QED) is 0.806. The van der Waals surface area contributed by atoms with Gasteiger partial charge in [-0.05, 0) is 31.7 Å². The van der Waals surface area contributed by atoms with Crippen LogP contribution in [0.1, 0.15) is 38.1 Å². The number of ether oxygens (including phenoxy) is 1. The molecule has 0 aliphatic carbocycles. The molecule has 0 aromatic carbocycles. The van der Waals surface area contributed by atoms with Gasteiger partial charge in [-0.15, -0.1) is 0 Å². The zero-order valence-electron chi connectivity index (χ0n) is 16.9. The van der Waals surface area contributed by atoms with Crippen LogP contribution in [0.2, 0.25) is 0 Å². The van der Waals surface area contributed by atoms with Gasteiger partial charge in [-0.1, -0.05) is 13.8 Å². The van der Waals surface area contributed by atoms with E-state index in [0.29, 0.717) is 32.0 Å². The highest BCUT2D eigenvalue weighted by molar-refractivity contribution is 5.80. The van der Waals surface area contributed by atoms with Crippen LogP contribution >= 0.6 is 0 Å². The Balaban J connectivity index is 1.54. The summed E-state index contributed by atoms with van der Waals surface area (Å²) in [6.45, 7) is 8.61. The molecule has 7 heteroatoms. The fraction of sp³-hybridized carbons (Fsp3) is 0.619. The minimum atomic E-state index is 0.0438. The number of aryl methyl sites for hydroxylation is 2. The fourth-order valence-electron chi connectivity index (χ4n) is 4.20. The smallest absolute Gasteiger partial charge is 0.227 e. The SMILES string of the molecule is CCc1nc2cc(N3CCC[C@H](C(=O)N4CCOCC4)C3)cnc2nc1CC. The summed E-state index contributed by atoms with van der Waals surface area (Å²) < 4.78 is 5.38. The van der Waals surface area contributed by atoms with Crippen molar-refractivity contribution >= 4 is 22.8 Å². The number of aromatic nitrogens is 3. The Bertz CT molecular complexity index is 850. The third-order valence-electron chi connectivity index (χ3n) is 5.79. The lowest BCUT2D eigenvalue weighted by molar-refractivity contribution is -0.139. The van der Waals surface area contributed by atoms with E-state index in [9.17, 15) is 4.79 Å². The van der Waals surface area contributed by atoms with Crippen molar-refractivity contribution in [2.75, 3.05) is 44.3 Å². The van der Waals surface area contributed by atoms with Crippen LogP contribution in [0.5, 0.6) is 0 Å². The Morgan fingerprint density at radius 2 is 1.89 bits per heavy atom. The second-order valence-corrected chi connectivity index (χ2v) is 7.58. The predicted octanol–water partition coefficient (Wildman–Crippen LogP) is 2.22. The lowest BCUT2D eigenvalue weighted by Gasteiger charge is -2.37. The molecule has 2 aromatic rings. The number of rotatable bonds is 4. The van der Waals surface area contributed by atoms with E-state index in [1.807, 2.05) is 11.1 Å². The number of carbonyl (C=O) groups excluding carboxylic acids is 1. The van der Waals surface area contributed by atoms with Gasteiger partial charge < -0.3 is 14.5 Å². The van der Waals surface area contributed by atoms with Gasteiger partial charge in [0, 0.05) is 26.2 Å². The van der Waals surface area contributed by atoms with Gasteiger partial charge in [0.2, 0.25) is 5.91 Å². The molecule has 2 fully saturated rings. The number of anilines is 1. The van der Waals surface area contributed by atoms with E-state index in [-0.39, 0.29) is 11.8 Å². The lowest BCUT2D eigenvalue weighted by atomic mass is 9.96. The van der Waals surface area contributed by atoms with Crippen molar-refractivity contribution < 1.29 is 9.53 Å². The minimum absolute atomic E-state index is 0.0438. The van der Waals surface area contributed by atoms with Crippen LogP contribution in [-0.4, -0.2) is 65.2 Å². The van der Waals surface area contributed by atoms with Crippen molar-refractivity contribution in [3.05, 3.63) is 23.7 Å². The Morgan fingerprint density at radius 1 is 1.14 bits per heavy atom. The highest BCUT2D eigenvalue weighted by Crippen LogP contribution is 2.26. The maximum absolute atomic E-state index is 12.9. The van der Waals surface area contributed by atoms with Gasteiger partial charge in [-0.3, -0.25) is 4.79 Å². The van der Waals surface area contributed by atoms with Crippen LogP contribution < -0.4 is 4.90 Å². The Hall–Kier alpha value is -2.28. The molecule has 2 aliphatic rings. The Morgan fingerprint density at radius 3 is 2.64 bits per heavy atom. The zero-order chi connectivity index (χ0) is 19.5. The second-order valence-electron chi connectivity index (χ2n) is 7.58. The molecule has 150 valence electrons. The molecule has 0 unspecified atom stereocenters. The van der Waals surface area contributed by atoms with E-state index in [1.54, 1.807) is 0 Å². The second kappa shape index (κ2) is 8.39. The number of nitrogens with zero attached hydrogens (tertiary/aromatic N) is 5. The molecule has 1 atom stereocenters. The Labute approximate surface area is 166 Å². The average molecular weight is 383 g/mol. The highest BCUT2D eigenvalue weighted by atomic mass is 16.5. The summed E-state index contributed by atoms with van der Waals surface area (Å²) in [6.07, 6.45) is 5.58. The molecular formula is C21H29N5O2. The normalized spacial score (nSPS) is 20.6. The van der Waals surface area contributed by atoms with E-state index >= 15 is 0 Å². The molecule has 2 aromatic heterocycles. The average Bonchev–Trinajstić information content (AvgIpc) is 2.77. The molecule has 0 spiro atoms. The molecule has 4 heterocycles. The maximum Gasteiger partial charge on any atom is 0.227 e. The summed E-state index contributed by atoms with van der Waals surface area (Å²) in [6, 6.07) is 2.08. The first-order valence-electron chi connectivity index (χ1n) is 10.5. The summed E-state index contributed by atoms with van der Waals surface area (Å²) in [5.74, 6) is 0.310. The molecule has 7 nitrogen and oxygen atoms in total. The molecular weight excluding hydrogens is 354 g/mol. The molecule has 1 amide bonds. The van der Waals surface area contributed by atoms with Crippen LogP contribution in [0.25, 0.3) is 11.2 Å². The number of hydrogen-bond donors (Lipinski definition) is 0. The van der Waals surface area contributed by atoms with Crippen molar-refractivity contribution in [1.82, 2.24) is 19.9 Å². The molecule has 28 heavy (non-hydrogen) atoms. The van der Waals surface area contributed by atoms with Gasteiger partial charge in [0.05, 0.1) is 42.4 Å². The van der Waals surface area contributed by atoms with Gasteiger partial charge in [-0.2, -0.15) is 0 Å². The number of fused-ring (bicyclic) bond motifs is 1. The summed E-state index contributed by atoms with van der Waals surface area (Å²) in [5, 5.41) is 0. The van der Waals surface area contributed by atoms with E-state index in [2.05, 4.69) is 29.8 Å². The largest absolute Gasteiger partial charge is 0.378 e. The molecule has 0 N–H and O–H groups in total. The van der Waals surface area contributed by atoms with Crippen LogP contribution in [0.4, 0.5) is 5.69 Å². The Kier molecular flexibility index (Phi) is 5.71. The van der Waals surface area contributed by atoms with E-state index < -0.39 is 0 Å². The third-order valence-corrected chi connectivity index (χ3v) is 5.79. The van der Waals surface area contributed by atoms with Gasteiger partial charge in [0.25, 0.3) is 0 Å². The van der Waals surface area contributed by atoms with E-state index in [4.69, 9.17) is 14.7 Å². The summed E-state index contributed by atoms with van der Waals surface area (Å²) >= 11 is 0. The van der Waals surface area contributed by atoms with Crippen molar-refractivity contribution in [3.8, 4) is 0 Å². The fourth-order valence-corrected chi connectivity index (χ4v) is 4.20. The molecule has 2 saturated heterocycles. The van der Waals surface area contributed by atoms with Gasteiger partial charge >= 0.3 is 0 Å². The van der Waals surface area contributed by atoms with Gasteiger partial charge in [0.1, 0.15) is 5.52 Å². The monoisotopic (exact) mass is 383 g/mol. The number of pyridine rings is 1. The first kappa shape index (κ1) is 19.1. The molecule has 4 rings (SSSR count). The maximum atomic E-state index is 12.9. The minimum Gasteiger partial charge on any atom is -0.378 e. The van der Waals surface area contributed by atoms with Crippen molar-refractivity contribution in [2.45, 2.75) is 39.5 Å². The summed E-state index contributed by atoms with van der Waals surface area (Å²) in [5.41, 5.74) is 4.66. The molecule has 0 radical (unpaired) electrons. The van der Waals surface area contributed by atoms with Gasteiger partial charge in [-0.25, -0.2) is 15.0 Å². The number of carbonyl (C=O) groups is 1. The first-order chi connectivity index (χ1) is 13.7. The molecule has 0 bridgehead atoms. The topological polar surface area (TPSA) is 71.5 Å². The highest BCUT2D eigenvalue weighted by Gasteiger charge is 2.30. The number of morpholine rings is 1.